The van der Waals surface area contributed by atoms with Crippen LogP contribution < -0.4 is 11.1 Å². The fourth-order valence-electron chi connectivity index (χ4n) is 2.89. The number of thiocarbonyl (C=S) groups is 1. The highest BCUT2D eigenvalue weighted by Crippen LogP contribution is 2.27. The molecule has 0 aliphatic heterocycles. The van der Waals surface area contributed by atoms with E-state index in [0.29, 0.717) is 23.4 Å². The molecule has 2 atom stereocenters. The van der Waals surface area contributed by atoms with Gasteiger partial charge in [0.2, 0.25) is 5.91 Å². The Kier molecular flexibility index (Phi) is 6.61. The predicted molar refractivity (Wildman–Crippen MR) is 79.4 cm³/mol. The molecule has 1 amide bonds. The first kappa shape index (κ1) is 15.4. The van der Waals surface area contributed by atoms with Gasteiger partial charge in [-0.25, -0.2) is 0 Å². The third-order valence-corrected chi connectivity index (χ3v) is 4.34. The molecule has 2 unspecified atom stereocenters. The Hall–Kier alpha value is -0.640. The molecule has 0 spiro atoms. The van der Waals surface area contributed by atoms with E-state index in [1.54, 1.807) is 0 Å². The third kappa shape index (κ3) is 4.23. The van der Waals surface area contributed by atoms with Crippen LogP contribution in [0.4, 0.5) is 0 Å². The summed E-state index contributed by atoms with van der Waals surface area (Å²) in [4.78, 5) is 12.5. The molecule has 0 aromatic carbocycles. The minimum Gasteiger partial charge on any atom is -0.393 e. The molecule has 18 heavy (non-hydrogen) atoms. The van der Waals surface area contributed by atoms with Crippen LogP contribution in [0.15, 0.2) is 0 Å². The molecule has 1 fully saturated rings. The van der Waals surface area contributed by atoms with Crippen molar-refractivity contribution in [3.63, 3.8) is 0 Å². The van der Waals surface area contributed by atoms with E-state index in [-0.39, 0.29) is 11.8 Å². The number of amides is 1. The Morgan fingerprint density at radius 3 is 2.33 bits per heavy atom. The van der Waals surface area contributed by atoms with E-state index in [2.05, 4.69) is 12.2 Å². The van der Waals surface area contributed by atoms with Crippen LogP contribution in [-0.2, 0) is 4.79 Å². The maximum atomic E-state index is 12.1. The third-order valence-electron chi connectivity index (χ3n) is 4.05. The van der Waals surface area contributed by atoms with Crippen LogP contribution in [0.5, 0.6) is 0 Å². The summed E-state index contributed by atoms with van der Waals surface area (Å²) in [6, 6.07) is 0.293. The number of nitrogens with two attached hydrogens (primary N) is 1. The highest BCUT2D eigenvalue weighted by Gasteiger charge is 2.27. The van der Waals surface area contributed by atoms with Gasteiger partial charge in [-0.05, 0) is 31.6 Å². The molecule has 1 rings (SSSR count). The first-order valence-corrected chi connectivity index (χ1v) is 7.60. The normalized spacial score (nSPS) is 20.1. The molecule has 104 valence electrons. The lowest BCUT2D eigenvalue weighted by atomic mass is 9.82. The highest BCUT2D eigenvalue weighted by molar-refractivity contribution is 7.80. The lowest BCUT2D eigenvalue weighted by Gasteiger charge is -2.31. The average Bonchev–Trinajstić information content (AvgIpc) is 2.37. The van der Waals surface area contributed by atoms with Gasteiger partial charge in [0.15, 0.2) is 0 Å². The van der Waals surface area contributed by atoms with Crippen molar-refractivity contribution in [3.8, 4) is 0 Å². The largest absolute Gasteiger partial charge is 0.393 e. The molecule has 0 aromatic heterocycles. The van der Waals surface area contributed by atoms with Crippen molar-refractivity contribution in [2.45, 2.75) is 64.8 Å². The van der Waals surface area contributed by atoms with E-state index in [0.717, 1.165) is 6.42 Å². The first-order valence-electron chi connectivity index (χ1n) is 7.19. The molecule has 3 nitrogen and oxygen atoms in total. The van der Waals surface area contributed by atoms with Gasteiger partial charge in [-0.1, -0.05) is 45.3 Å². The van der Waals surface area contributed by atoms with Gasteiger partial charge in [-0.2, -0.15) is 0 Å². The Balaban J connectivity index is 2.55. The highest BCUT2D eigenvalue weighted by atomic mass is 32.1. The quantitative estimate of drug-likeness (QED) is 0.730. The SMILES string of the molecule is CCC(C(=O)NC(CC)C1CCCCC1)C(N)=S. The number of nitrogens with one attached hydrogen (secondary N) is 1. The molecule has 1 aliphatic carbocycles. The monoisotopic (exact) mass is 270 g/mol. The van der Waals surface area contributed by atoms with Crippen molar-refractivity contribution in [3.05, 3.63) is 0 Å². The zero-order chi connectivity index (χ0) is 13.5. The zero-order valence-corrected chi connectivity index (χ0v) is 12.4. The summed E-state index contributed by atoms with van der Waals surface area (Å²) in [6.07, 6.45) is 8.08. The van der Waals surface area contributed by atoms with Crippen LogP contribution >= 0.6 is 12.2 Å². The predicted octanol–water partition coefficient (Wildman–Crippen LogP) is 2.77. The van der Waals surface area contributed by atoms with Crippen molar-refractivity contribution in [2.24, 2.45) is 17.6 Å². The molecule has 4 heteroatoms. The number of carbonyl (C=O) groups is 1. The van der Waals surface area contributed by atoms with E-state index < -0.39 is 0 Å². The maximum absolute atomic E-state index is 12.1. The fourth-order valence-corrected chi connectivity index (χ4v) is 3.16. The van der Waals surface area contributed by atoms with E-state index in [1.165, 1.54) is 32.1 Å². The van der Waals surface area contributed by atoms with Gasteiger partial charge in [0.05, 0.1) is 10.9 Å². The van der Waals surface area contributed by atoms with Gasteiger partial charge in [-0.15, -0.1) is 0 Å². The molecule has 0 bridgehead atoms. The van der Waals surface area contributed by atoms with Gasteiger partial charge in [0.1, 0.15) is 0 Å². The van der Waals surface area contributed by atoms with Crippen LogP contribution in [0.25, 0.3) is 0 Å². The van der Waals surface area contributed by atoms with Crippen molar-refractivity contribution in [2.75, 3.05) is 0 Å². The standard InChI is InChI=1S/C14H26N2OS/c1-3-11(13(15)18)14(17)16-12(4-2)10-8-6-5-7-9-10/h10-12H,3-9H2,1-2H3,(H2,15,18)(H,16,17). The van der Waals surface area contributed by atoms with E-state index in [1.807, 2.05) is 6.92 Å². The molecule has 3 N–H and O–H groups in total. The number of hydrogen-bond acceptors (Lipinski definition) is 2. The van der Waals surface area contributed by atoms with Crippen LogP contribution in [-0.4, -0.2) is 16.9 Å². The van der Waals surface area contributed by atoms with Crippen LogP contribution in [0.1, 0.15) is 58.8 Å². The Labute approximate surface area is 116 Å². The summed E-state index contributed by atoms with van der Waals surface area (Å²) in [5.41, 5.74) is 5.61. The number of rotatable bonds is 6. The number of carbonyl (C=O) groups excluding carboxylic acids is 1. The molecule has 1 aliphatic rings. The van der Waals surface area contributed by atoms with Gasteiger partial charge in [0.25, 0.3) is 0 Å². The Morgan fingerprint density at radius 1 is 1.28 bits per heavy atom. The minimum atomic E-state index is -0.308. The van der Waals surface area contributed by atoms with Crippen molar-refractivity contribution >= 4 is 23.1 Å². The summed E-state index contributed by atoms with van der Waals surface area (Å²) in [5.74, 6) is 0.344. The fraction of sp³-hybridized carbons (Fsp3) is 0.857. The molecule has 1 saturated carbocycles. The summed E-state index contributed by atoms with van der Waals surface area (Å²) >= 11 is 4.95. The lowest BCUT2D eigenvalue weighted by Crippen LogP contribution is -2.46. The Bertz CT molecular complexity index is 288. The van der Waals surface area contributed by atoms with Gasteiger partial charge >= 0.3 is 0 Å². The van der Waals surface area contributed by atoms with Gasteiger partial charge < -0.3 is 11.1 Å². The molecule has 0 saturated heterocycles. The lowest BCUT2D eigenvalue weighted by molar-refractivity contribution is -0.124. The summed E-state index contributed by atoms with van der Waals surface area (Å²) in [7, 11) is 0. The second-order valence-corrected chi connectivity index (χ2v) is 5.76. The molecular formula is C14H26N2OS. The van der Waals surface area contributed by atoms with Crippen LogP contribution in [0, 0.1) is 11.8 Å². The number of hydrogen-bond donors (Lipinski definition) is 2. The van der Waals surface area contributed by atoms with Crippen LogP contribution in [0.2, 0.25) is 0 Å². The first-order chi connectivity index (χ1) is 8.60. The van der Waals surface area contributed by atoms with E-state index in [4.69, 9.17) is 18.0 Å². The second-order valence-electron chi connectivity index (χ2n) is 5.28. The average molecular weight is 270 g/mol. The van der Waals surface area contributed by atoms with Crippen molar-refractivity contribution < 1.29 is 4.79 Å². The summed E-state index contributed by atoms with van der Waals surface area (Å²) in [6.45, 7) is 4.09. The molecule has 0 radical (unpaired) electrons. The van der Waals surface area contributed by atoms with E-state index >= 15 is 0 Å². The Morgan fingerprint density at radius 2 is 1.89 bits per heavy atom. The van der Waals surface area contributed by atoms with E-state index in [9.17, 15) is 4.79 Å². The maximum Gasteiger partial charge on any atom is 0.230 e. The molecule has 0 aromatic rings. The second kappa shape index (κ2) is 7.72. The summed E-state index contributed by atoms with van der Waals surface area (Å²) in [5, 5.41) is 3.16. The van der Waals surface area contributed by atoms with Gasteiger partial charge in [-0.3, -0.25) is 4.79 Å². The van der Waals surface area contributed by atoms with Crippen molar-refractivity contribution in [1.29, 1.82) is 0 Å². The van der Waals surface area contributed by atoms with Crippen molar-refractivity contribution in [1.82, 2.24) is 5.32 Å². The summed E-state index contributed by atoms with van der Waals surface area (Å²) < 4.78 is 0. The zero-order valence-electron chi connectivity index (χ0n) is 11.6. The smallest absolute Gasteiger partial charge is 0.230 e. The topological polar surface area (TPSA) is 55.1 Å². The van der Waals surface area contributed by atoms with Gasteiger partial charge in [0, 0.05) is 6.04 Å². The molecule has 0 heterocycles. The minimum absolute atomic E-state index is 0.0161. The van der Waals surface area contributed by atoms with Crippen LogP contribution in [0.3, 0.4) is 0 Å². The molecular weight excluding hydrogens is 244 g/mol.